The fourth-order valence-corrected chi connectivity index (χ4v) is 1.44. The van der Waals surface area contributed by atoms with Crippen LogP contribution >= 0.6 is 0 Å². The van der Waals surface area contributed by atoms with Gasteiger partial charge in [0, 0.05) is 6.54 Å². The molecule has 1 rings (SSSR count). The van der Waals surface area contributed by atoms with E-state index >= 15 is 0 Å². The summed E-state index contributed by atoms with van der Waals surface area (Å²) in [5.74, 6) is 0.326. The summed E-state index contributed by atoms with van der Waals surface area (Å²) in [6, 6.07) is 4.98. The zero-order chi connectivity index (χ0) is 13.5. The molecule has 100 valence electrons. The molecule has 0 heterocycles. The quantitative estimate of drug-likeness (QED) is 0.654. The lowest BCUT2D eigenvalue weighted by molar-refractivity contribution is 0.0798. The van der Waals surface area contributed by atoms with E-state index < -0.39 is 18.6 Å². The Morgan fingerprint density at radius 3 is 2.33 bits per heavy atom. The summed E-state index contributed by atoms with van der Waals surface area (Å²) in [4.78, 5) is 12.0. The predicted octanol–water partition coefficient (Wildman–Crippen LogP) is -0.213. The van der Waals surface area contributed by atoms with Gasteiger partial charge in [0.05, 0.1) is 26.9 Å². The second-order valence-electron chi connectivity index (χ2n) is 3.58. The number of aliphatic hydroxyl groups is 2. The molecule has 0 saturated heterocycles. The van der Waals surface area contributed by atoms with Crippen molar-refractivity contribution < 1.29 is 24.5 Å². The van der Waals surface area contributed by atoms with Crippen molar-refractivity contribution in [2.45, 2.75) is 6.10 Å². The van der Waals surface area contributed by atoms with E-state index in [1.54, 1.807) is 18.2 Å². The van der Waals surface area contributed by atoms with E-state index in [0.717, 1.165) is 0 Å². The summed E-state index contributed by atoms with van der Waals surface area (Å²) in [5.41, 5.74) is 0.257. The van der Waals surface area contributed by atoms with Crippen molar-refractivity contribution in [3.8, 4) is 11.5 Å². The molecule has 0 bridgehead atoms. The molecule has 3 N–H and O–H groups in total. The first kappa shape index (κ1) is 14.3. The Morgan fingerprint density at radius 2 is 1.89 bits per heavy atom. The summed E-state index contributed by atoms with van der Waals surface area (Å²) in [7, 11) is 2.91. The number of amides is 1. The van der Waals surface area contributed by atoms with E-state index in [4.69, 9.17) is 14.6 Å². The second-order valence-corrected chi connectivity index (χ2v) is 3.58. The molecule has 1 amide bonds. The molecule has 0 aliphatic carbocycles. The maximum atomic E-state index is 12.0. The standard InChI is InChI=1S/C12H17NO5/c1-17-9-4-3-5-10(18-2)11(9)12(16)13-6-8(15)7-14/h3-5,8,14-15H,6-7H2,1-2H3,(H,13,16)/t8-/m1/s1. The molecule has 0 aromatic heterocycles. The summed E-state index contributed by atoms with van der Waals surface area (Å²) in [6.45, 7) is -0.458. The zero-order valence-electron chi connectivity index (χ0n) is 10.3. The van der Waals surface area contributed by atoms with Crippen LogP contribution in [0.1, 0.15) is 10.4 Å². The molecule has 1 atom stereocenters. The van der Waals surface area contributed by atoms with Gasteiger partial charge in [-0.1, -0.05) is 6.07 Å². The van der Waals surface area contributed by atoms with Crippen LogP contribution in [0.2, 0.25) is 0 Å². The van der Waals surface area contributed by atoms with Crippen molar-refractivity contribution in [3.05, 3.63) is 23.8 Å². The number of rotatable bonds is 6. The summed E-state index contributed by atoms with van der Waals surface area (Å²) < 4.78 is 10.2. The maximum Gasteiger partial charge on any atom is 0.258 e. The first-order valence-electron chi connectivity index (χ1n) is 5.42. The minimum Gasteiger partial charge on any atom is -0.496 e. The van der Waals surface area contributed by atoms with Crippen molar-refractivity contribution in [1.82, 2.24) is 5.32 Å². The number of carbonyl (C=O) groups excluding carboxylic acids is 1. The van der Waals surface area contributed by atoms with Gasteiger partial charge in [0.2, 0.25) is 0 Å². The van der Waals surface area contributed by atoms with Gasteiger partial charge in [0.25, 0.3) is 5.91 Å². The third-order valence-corrected chi connectivity index (χ3v) is 2.36. The summed E-state index contributed by atoms with van der Waals surface area (Å²) in [6.07, 6.45) is -0.991. The van der Waals surface area contributed by atoms with Crippen LogP contribution in [0, 0.1) is 0 Å². The van der Waals surface area contributed by atoms with Crippen LogP contribution < -0.4 is 14.8 Å². The van der Waals surface area contributed by atoms with Crippen LogP contribution in [-0.4, -0.2) is 49.6 Å². The molecule has 0 aliphatic heterocycles. The largest absolute Gasteiger partial charge is 0.496 e. The highest BCUT2D eigenvalue weighted by molar-refractivity contribution is 5.99. The van der Waals surface area contributed by atoms with Gasteiger partial charge >= 0.3 is 0 Å². The fourth-order valence-electron chi connectivity index (χ4n) is 1.44. The van der Waals surface area contributed by atoms with Gasteiger partial charge in [-0.2, -0.15) is 0 Å². The number of methoxy groups -OCH3 is 2. The van der Waals surface area contributed by atoms with E-state index in [9.17, 15) is 9.90 Å². The third kappa shape index (κ3) is 3.35. The summed E-state index contributed by atoms with van der Waals surface area (Å²) in [5, 5.41) is 20.3. The van der Waals surface area contributed by atoms with Crippen molar-refractivity contribution in [2.24, 2.45) is 0 Å². The van der Waals surface area contributed by atoms with Gasteiger partial charge in [-0.15, -0.1) is 0 Å². The van der Waals surface area contributed by atoms with E-state index in [1.165, 1.54) is 14.2 Å². The number of hydrogen-bond donors (Lipinski definition) is 3. The molecule has 0 radical (unpaired) electrons. The molecule has 6 heteroatoms. The average molecular weight is 255 g/mol. The topological polar surface area (TPSA) is 88.0 Å². The normalized spacial score (nSPS) is 11.8. The number of hydrogen-bond acceptors (Lipinski definition) is 5. The Balaban J connectivity index is 2.89. The second kappa shape index (κ2) is 6.83. The lowest BCUT2D eigenvalue weighted by Crippen LogP contribution is -2.34. The monoisotopic (exact) mass is 255 g/mol. The SMILES string of the molecule is COc1cccc(OC)c1C(=O)NC[C@@H](O)CO. The fraction of sp³-hybridized carbons (Fsp3) is 0.417. The van der Waals surface area contributed by atoms with E-state index in [-0.39, 0.29) is 12.1 Å². The Bertz CT molecular complexity index is 385. The number of ether oxygens (including phenoxy) is 2. The Hall–Kier alpha value is -1.79. The van der Waals surface area contributed by atoms with Gasteiger partial charge in [0.1, 0.15) is 17.1 Å². The first-order chi connectivity index (χ1) is 8.63. The molecule has 1 aromatic rings. The molecule has 0 aliphatic rings. The van der Waals surface area contributed by atoms with Crippen molar-refractivity contribution in [2.75, 3.05) is 27.4 Å². The molecule has 0 saturated carbocycles. The van der Waals surface area contributed by atoms with Crippen molar-refractivity contribution in [3.63, 3.8) is 0 Å². The molecule has 6 nitrogen and oxygen atoms in total. The van der Waals surface area contributed by atoms with Crippen LogP contribution in [0.15, 0.2) is 18.2 Å². The minimum absolute atomic E-state index is 0.0451. The van der Waals surface area contributed by atoms with Crippen molar-refractivity contribution >= 4 is 5.91 Å². The molecule has 0 spiro atoms. The highest BCUT2D eigenvalue weighted by atomic mass is 16.5. The minimum atomic E-state index is -0.991. The van der Waals surface area contributed by atoms with E-state index in [0.29, 0.717) is 11.5 Å². The van der Waals surface area contributed by atoms with Gasteiger partial charge in [-0.05, 0) is 12.1 Å². The van der Waals surface area contributed by atoms with Gasteiger partial charge in [-0.3, -0.25) is 4.79 Å². The average Bonchev–Trinajstić information content (AvgIpc) is 2.43. The number of benzene rings is 1. The zero-order valence-corrected chi connectivity index (χ0v) is 10.3. The van der Waals surface area contributed by atoms with Crippen LogP contribution in [-0.2, 0) is 0 Å². The number of nitrogens with one attached hydrogen (secondary N) is 1. The molecule has 0 unspecified atom stereocenters. The molecular formula is C12H17NO5. The third-order valence-electron chi connectivity index (χ3n) is 2.36. The highest BCUT2D eigenvalue weighted by Crippen LogP contribution is 2.27. The Morgan fingerprint density at radius 1 is 1.33 bits per heavy atom. The lowest BCUT2D eigenvalue weighted by atomic mass is 10.1. The smallest absolute Gasteiger partial charge is 0.258 e. The molecular weight excluding hydrogens is 238 g/mol. The number of aliphatic hydroxyl groups excluding tert-OH is 2. The van der Waals surface area contributed by atoms with Gasteiger partial charge < -0.3 is 25.0 Å². The van der Waals surface area contributed by atoms with Crippen LogP contribution in [0.3, 0.4) is 0 Å². The molecule has 0 fully saturated rings. The molecule has 1 aromatic carbocycles. The van der Waals surface area contributed by atoms with Crippen LogP contribution in [0.25, 0.3) is 0 Å². The van der Waals surface area contributed by atoms with Crippen LogP contribution in [0.5, 0.6) is 11.5 Å². The Kier molecular flexibility index (Phi) is 5.41. The van der Waals surface area contributed by atoms with E-state index in [2.05, 4.69) is 5.32 Å². The Labute approximate surface area is 105 Å². The van der Waals surface area contributed by atoms with Gasteiger partial charge in [-0.25, -0.2) is 0 Å². The predicted molar refractivity (Wildman–Crippen MR) is 65.0 cm³/mol. The van der Waals surface area contributed by atoms with Crippen molar-refractivity contribution in [1.29, 1.82) is 0 Å². The van der Waals surface area contributed by atoms with Crippen LogP contribution in [0.4, 0.5) is 0 Å². The lowest BCUT2D eigenvalue weighted by Gasteiger charge is -2.14. The van der Waals surface area contributed by atoms with E-state index in [1.807, 2.05) is 0 Å². The first-order valence-corrected chi connectivity index (χ1v) is 5.42. The summed E-state index contributed by atoms with van der Waals surface area (Å²) >= 11 is 0. The van der Waals surface area contributed by atoms with Gasteiger partial charge in [0.15, 0.2) is 0 Å². The maximum absolute atomic E-state index is 12.0. The highest BCUT2D eigenvalue weighted by Gasteiger charge is 2.18. The number of carbonyl (C=O) groups is 1. The molecule has 18 heavy (non-hydrogen) atoms.